The lowest BCUT2D eigenvalue weighted by Gasteiger charge is -2.17. The maximum Gasteiger partial charge on any atom is 0.255 e. The highest BCUT2D eigenvalue weighted by atomic mass is 19.1. The van der Waals surface area contributed by atoms with Gasteiger partial charge in [-0.05, 0) is 24.6 Å². The van der Waals surface area contributed by atoms with E-state index < -0.39 is 17.8 Å². The van der Waals surface area contributed by atoms with Crippen molar-refractivity contribution in [2.45, 2.75) is 13.0 Å². The molecule has 0 heterocycles. The van der Waals surface area contributed by atoms with Crippen molar-refractivity contribution in [2.75, 3.05) is 20.7 Å². The van der Waals surface area contributed by atoms with Crippen molar-refractivity contribution in [3.8, 4) is 5.75 Å². The first kappa shape index (κ1) is 14.4. The molecule has 1 aromatic rings. The van der Waals surface area contributed by atoms with Crippen molar-refractivity contribution in [3.05, 3.63) is 29.6 Å². The van der Waals surface area contributed by atoms with Gasteiger partial charge in [0.1, 0.15) is 6.04 Å². The third kappa shape index (κ3) is 3.68. The standard InChI is InChI=1S/C12H18FN3O2/c1-4-18-10-6-5-8(7-9(10)13)11(14)12(17)15-16(2)3/h5-7,11H,4,14H2,1-3H3,(H,15,17). The Morgan fingerprint density at radius 3 is 2.72 bits per heavy atom. The highest BCUT2D eigenvalue weighted by Crippen LogP contribution is 2.21. The summed E-state index contributed by atoms with van der Waals surface area (Å²) >= 11 is 0. The van der Waals surface area contributed by atoms with Crippen LogP contribution in [0.3, 0.4) is 0 Å². The monoisotopic (exact) mass is 255 g/mol. The largest absolute Gasteiger partial charge is 0.491 e. The van der Waals surface area contributed by atoms with Crippen molar-refractivity contribution in [1.82, 2.24) is 10.4 Å². The number of amides is 1. The number of ether oxygens (including phenoxy) is 1. The molecule has 18 heavy (non-hydrogen) atoms. The van der Waals surface area contributed by atoms with E-state index in [0.29, 0.717) is 12.2 Å². The van der Waals surface area contributed by atoms with Gasteiger partial charge in [-0.15, -0.1) is 0 Å². The van der Waals surface area contributed by atoms with Gasteiger partial charge in [0.05, 0.1) is 6.61 Å². The molecule has 6 heteroatoms. The fourth-order valence-corrected chi connectivity index (χ4v) is 1.42. The van der Waals surface area contributed by atoms with E-state index in [4.69, 9.17) is 10.5 Å². The van der Waals surface area contributed by atoms with E-state index in [0.717, 1.165) is 0 Å². The Kier molecular flexibility index (Phi) is 5.06. The van der Waals surface area contributed by atoms with Gasteiger partial charge < -0.3 is 10.5 Å². The van der Waals surface area contributed by atoms with Gasteiger partial charge in [0.2, 0.25) is 0 Å². The maximum atomic E-state index is 13.6. The van der Waals surface area contributed by atoms with Crippen LogP contribution >= 0.6 is 0 Å². The molecule has 5 nitrogen and oxygen atoms in total. The van der Waals surface area contributed by atoms with Gasteiger partial charge in [0.15, 0.2) is 11.6 Å². The number of hydrazine groups is 1. The Morgan fingerprint density at radius 1 is 1.56 bits per heavy atom. The Labute approximate surface area is 106 Å². The minimum atomic E-state index is -0.919. The molecule has 1 amide bonds. The fraction of sp³-hybridized carbons (Fsp3) is 0.417. The summed E-state index contributed by atoms with van der Waals surface area (Å²) < 4.78 is 18.7. The van der Waals surface area contributed by atoms with Crippen molar-refractivity contribution in [2.24, 2.45) is 5.73 Å². The predicted octanol–water partition coefficient (Wildman–Crippen LogP) is 0.817. The Hall–Kier alpha value is -1.66. The Balaban J connectivity index is 2.83. The van der Waals surface area contributed by atoms with Crippen LogP contribution in [-0.4, -0.2) is 31.6 Å². The lowest BCUT2D eigenvalue weighted by Crippen LogP contribution is -2.42. The Bertz CT molecular complexity index is 424. The second-order valence-corrected chi connectivity index (χ2v) is 3.97. The molecule has 0 radical (unpaired) electrons. The summed E-state index contributed by atoms with van der Waals surface area (Å²) in [5, 5.41) is 1.48. The number of hydrogen-bond donors (Lipinski definition) is 2. The minimum absolute atomic E-state index is 0.154. The smallest absolute Gasteiger partial charge is 0.255 e. The highest BCUT2D eigenvalue weighted by molar-refractivity contribution is 5.82. The number of hydrogen-bond acceptors (Lipinski definition) is 4. The van der Waals surface area contributed by atoms with Crippen molar-refractivity contribution in [1.29, 1.82) is 0 Å². The molecule has 0 bridgehead atoms. The van der Waals surface area contributed by atoms with E-state index in [2.05, 4.69) is 5.43 Å². The van der Waals surface area contributed by atoms with Crippen LogP contribution in [0.15, 0.2) is 18.2 Å². The summed E-state index contributed by atoms with van der Waals surface area (Å²) in [5.74, 6) is -0.771. The molecule has 0 fully saturated rings. The highest BCUT2D eigenvalue weighted by Gasteiger charge is 2.17. The molecular weight excluding hydrogens is 237 g/mol. The van der Waals surface area contributed by atoms with Gasteiger partial charge in [0, 0.05) is 14.1 Å². The zero-order chi connectivity index (χ0) is 13.7. The molecular formula is C12H18FN3O2. The van der Waals surface area contributed by atoms with Crippen molar-refractivity contribution in [3.63, 3.8) is 0 Å². The number of benzene rings is 1. The summed E-state index contributed by atoms with van der Waals surface area (Å²) in [6.07, 6.45) is 0. The number of halogens is 1. The van der Waals surface area contributed by atoms with Crippen LogP contribution in [0.1, 0.15) is 18.5 Å². The fourth-order valence-electron chi connectivity index (χ4n) is 1.42. The average molecular weight is 255 g/mol. The van der Waals surface area contributed by atoms with E-state index in [1.54, 1.807) is 27.1 Å². The molecule has 1 atom stereocenters. The zero-order valence-electron chi connectivity index (χ0n) is 10.7. The van der Waals surface area contributed by atoms with E-state index in [1.165, 1.54) is 17.1 Å². The van der Waals surface area contributed by atoms with Crippen LogP contribution in [0.25, 0.3) is 0 Å². The maximum absolute atomic E-state index is 13.6. The second-order valence-electron chi connectivity index (χ2n) is 3.97. The van der Waals surface area contributed by atoms with Crippen molar-refractivity contribution >= 4 is 5.91 Å². The third-order valence-corrected chi connectivity index (χ3v) is 2.23. The molecule has 1 rings (SSSR count). The lowest BCUT2D eigenvalue weighted by atomic mass is 10.1. The molecule has 0 aromatic heterocycles. The van der Waals surface area contributed by atoms with E-state index in [-0.39, 0.29) is 5.75 Å². The summed E-state index contributed by atoms with van der Waals surface area (Å²) in [7, 11) is 3.34. The Morgan fingerprint density at radius 2 is 2.22 bits per heavy atom. The van der Waals surface area contributed by atoms with Crippen LogP contribution in [-0.2, 0) is 4.79 Å². The van der Waals surface area contributed by atoms with Crippen LogP contribution < -0.4 is 15.9 Å². The van der Waals surface area contributed by atoms with E-state index in [1.807, 2.05) is 0 Å². The molecule has 3 N–H and O–H groups in total. The molecule has 0 spiro atoms. The summed E-state index contributed by atoms with van der Waals surface area (Å²) in [6.45, 7) is 2.15. The number of rotatable bonds is 5. The molecule has 0 saturated carbocycles. The molecule has 1 unspecified atom stereocenters. The van der Waals surface area contributed by atoms with Crippen LogP contribution in [0.5, 0.6) is 5.75 Å². The van der Waals surface area contributed by atoms with Crippen LogP contribution in [0, 0.1) is 5.82 Å². The first-order valence-electron chi connectivity index (χ1n) is 5.61. The molecule has 0 aliphatic rings. The second kappa shape index (κ2) is 6.32. The van der Waals surface area contributed by atoms with Gasteiger partial charge in [-0.3, -0.25) is 10.2 Å². The molecule has 1 aromatic carbocycles. The number of nitrogens with one attached hydrogen (secondary N) is 1. The lowest BCUT2D eigenvalue weighted by molar-refractivity contribution is -0.126. The first-order valence-corrected chi connectivity index (χ1v) is 5.61. The van der Waals surface area contributed by atoms with Gasteiger partial charge in [-0.1, -0.05) is 6.07 Å². The molecule has 100 valence electrons. The molecule has 0 aliphatic carbocycles. The predicted molar refractivity (Wildman–Crippen MR) is 66.3 cm³/mol. The van der Waals surface area contributed by atoms with E-state index in [9.17, 15) is 9.18 Å². The minimum Gasteiger partial charge on any atom is -0.491 e. The number of nitrogens with zero attached hydrogens (tertiary/aromatic N) is 1. The topological polar surface area (TPSA) is 67.6 Å². The number of nitrogens with two attached hydrogens (primary N) is 1. The zero-order valence-corrected chi connectivity index (χ0v) is 10.7. The first-order chi connectivity index (χ1) is 8.45. The number of carbonyl (C=O) groups excluding carboxylic acids is 1. The van der Waals surface area contributed by atoms with Crippen LogP contribution in [0.4, 0.5) is 4.39 Å². The van der Waals surface area contributed by atoms with Crippen LogP contribution in [0.2, 0.25) is 0 Å². The van der Waals surface area contributed by atoms with E-state index >= 15 is 0 Å². The van der Waals surface area contributed by atoms with Crippen molar-refractivity contribution < 1.29 is 13.9 Å². The SMILES string of the molecule is CCOc1ccc(C(N)C(=O)NN(C)C)cc1F. The molecule has 0 saturated heterocycles. The number of carbonyl (C=O) groups is 1. The summed E-state index contributed by atoms with van der Waals surface area (Å²) in [5.41, 5.74) is 8.65. The average Bonchev–Trinajstić information content (AvgIpc) is 2.30. The van der Waals surface area contributed by atoms with Gasteiger partial charge >= 0.3 is 0 Å². The third-order valence-electron chi connectivity index (χ3n) is 2.23. The molecule has 0 aliphatic heterocycles. The summed E-state index contributed by atoms with van der Waals surface area (Å²) in [6, 6.07) is 3.34. The summed E-state index contributed by atoms with van der Waals surface area (Å²) in [4.78, 5) is 11.6. The van der Waals surface area contributed by atoms with Gasteiger partial charge in [0.25, 0.3) is 5.91 Å². The van der Waals surface area contributed by atoms with Gasteiger partial charge in [-0.2, -0.15) is 0 Å². The quantitative estimate of drug-likeness (QED) is 0.764. The van der Waals surface area contributed by atoms with Gasteiger partial charge in [-0.25, -0.2) is 9.40 Å². The normalized spacial score (nSPS) is 12.3.